The van der Waals surface area contributed by atoms with E-state index >= 15 is 0 Å². The molecular formula is C28H26NO2+. The predicted octanol–water partition coefficient (Wildman–Crippen LogP) is 5.54. The Balaban J connectivity index is 1.22. The van der Waals surface area contributed by atoms with Crippen molar-refractivity contribution in [1.82, 2.24) is 0 Å². The molecule has 0 atom stereocenters. The van der Waals surface area contributed by atoms with Crippen molar-refractivity contribution in [2.75, 3.05) is 6.61 Å². The van der Waals surface area contributed by atoms with Crippen LogP contribution in [0.5, 0.6) is 5.75 Å². The molecule has 4 rings (SSSR count). The summed E-state index contributed by atoms with van der Waals surface area (Å²) in [5.74, 6) is 0.911. The number of carbonyl (C=O) groups is 1. The maximum absolute atomic E-state index is 12.4. The smallest absolute Gasteiger partial charge is 0.169 e. The van der Waals surface area contributed by atoms with Crippen LogP contribution < -0.4 is 9.30 Å². The van der Waals surface area contributed by atoms with Crippen molar-refractivity contribution in [1.29, 1.82) is 0 Å². The number of hydrogen-bond acceptors (Lipinski definition) is 2. The zero-order valence-corrected chi connectivity index (χ0v) is 17.5. The minimum absolute atomic E-state index is 0.119. The quantitative estimate of drug-likeness (QED) is 0.207. The second kappa shape index (κ2) is 10.4. The molecule has 0 aliphatic rings. The van der Waals surface area contributed by atoms with Gasteiger partial charge in [0.15, 0.2) is 24.7 Å². The summed E-state index contributed by atoms with van der Waals surface area (Å²) in [6, 6.07) is 31.9. The Morgan fingerprint density at radius 2 is 1.32 bits per heavy atom. The van der Waals surface area contributed by atoms with E-state index in [1.165, 1.54) is 11.1 Å². The molecule has 31 heavy (non-hydrogen) atoms. The van der Waals surface area contributed by atoms with Crippen molar-refractivity contribution in [2.45, 2.75) is 19.4 Å². The van der Waals surface area contributed by atoms with E-state index in [4.69, 9.17) is 4.74 Å². The van der Waals surface area contributed by atoms with E-state index in [9.17, 15) is 4.79 Å². The van der Waals surface area contributed by atoms with Crippen molar-refractivity contribution in [3.63, 3.8) is 0 Å². The zero-order chi connectivity index (χ0) is 21.3. The Labute approximate surface area is 183 Å². The summed E-state index contributed by atoms with van der Waals surface area (Å²) in [5.41, 5.74) is 4.19. The van der Waals surface area contributed by atoms with E-state index in [0.717, 1.165) is 24.3 Å². The van der Waals surface area contributed by atoms with Crippen LogP contribution in [0.1, 0.15) is 22.3 Å². The third-order valence-corrected chi connectivity index (χ3v) is 5.21. The summed E-state index contributed by atoms with van der Waals surface area (Å²) in [6.07, 6.45) is 5.54. The van der Waals surface area contributed by atoms with Crippen LogP contribution in [0.2, 0.25) is 0 Å². The van der Waals surface area contributed by atoms with E-state index < -0.39 is 0 Å². The molecule has 0 saturated heterocycles. The van der Waals surface area contributed by atoms with Gasteiger partial charge in [-0.2, -0.15) is 0 Å². The van der Waals surface area contributed by atoms with E-state index in [1.54, 1.807) is 0 Å². The van der Waals surface area contributed by atoms with Crippen LogP contribution >= 0.6 is 0 Å². The maximum atomic E-state index is 12.4. The lowest BCUT2D eigenvalue weighted by Gasteiger charge is -2.07. The van der Waals surface area contributed by atoms with Crippen molar-refractivity contribution < 1.29 is 14.1 Å². The average Bonchev–Trinajstić information content (AvgIpc) is 2.84. The van der Waals surface area contributed by atoms with Crippen LogP contribution in [0.15, 0.2) is 109 Å². The molecule has 0 aliphatic carbocycles. The second-order valence-corrected chi connectivity index (χ2v) is 7.50. The van der Waals surface area contributed by atoms with Gasteiger partial charge in [0.1, 0.15) is 5.75 Å². The Kier molecular flexibility index (Phi) is 6.86. The topological polar surface area (TPSA) is 30.2 Å². The van der Waals surface area contributed by atoms with Crippen LogP contribution in [0, 0.1) is 0 Å². The Hall–Kier alpha value is -3.72. The molecule has 1 heterocycles. The van der Waals surface area contributed by atoms with Gasteiger partial charge in [-0.25, -0.2) is 4.57 Å². The molecule has 0 N–H and O–H groups in total. The number of carbonyl (C=O) groups excluding carboxylic acids is 1. The van der Waals surface area contributed by atoms with E-state index in [0.29, 0.717) is 18.6 Å². The van der Waals surface area contributed by atoms with Crippen molar-refractivity contribution >= 4 is 5.78 Å². The molecule has 4 aromatic rings. The molecular weight excluding hydrogens is 382 g/mol. The number of benzene rings is 3. The number of aromatic nitrogens is 1. The molecule has 0 spiro atoms. The van der Waals surface area contributed by atoms with Gasteiger partial charge in [-0.05, 0) is 41.0 Å². The van der Waals surface area contributed by atoms with Crippen LogP contribution in [0.4, 0.5) is 0 Å². The maximum Gasteiger partial charge on any atom is 0.169 e. The van der Waals surface area contributed by atoms with Crippen molar-refractivity contribution in [3.8, 4) is 16.9 Å². The fraction of sp³-hybridized carbons (Fsp3) is 0.143. The summed E-state index contributed by atoms with van der Waals surface area (Å²) in [6.45, 7) is 1.52. The highest BCUT2D eigenvalue weighted by Crippen LogP contribution is 2.17. The Morgan fingerprint density at radius 3 is 2.00 bits per heavy atom. The SMILES string of the molecule is O=C(Cc1ccccc1)c1ccc(OCCC[n+]2ccc(-c3ccccc3)cc2)cc1. The molecule has 0 amide bonds. The molecule has 0 bridgehead atoms. The summed E-state index contributed by atoms with van der Waals surface area (Å²) in [5, 5.41) is 0. The normalized spacial score (nSPS) is 10.6. The number of hydrogen-bond donors (Lipinski definition) is 0. The number of ether oxygens (including phenoxy) is 1. The lowest BCUT2D eigenvalue weighted by Crippen LogP contribution is -2.33. The summed E-state index contributed by atoms with van der Waals surface area (Å²) in [4.78, 5) is 12.4. The number of nitrogens with zero attached hydrogens (tertiary/aromatic N) is 1. The molecule has 154 valence electrons. The Morgan fingerprint density at radius 1 is 0.710 bits per heavy atom. The fourth-order valence-corrected chi connectivity index (χ4v) is 3.49. The lowest BCUT2D eigenvalue weighted by molar-refractivity contribution is -0.697. The largest absolute Gasteiger partial charge is 0.493 e. The molecule has 0 radical (unpaired) electrons. The van der Waals surface area contributed by atoms with Gasteiger partial charge >= 0.3 is 0 Å². The molecule has 0 fully saturated rings. The van der Waals surface area contributed by atoms with Crippen molar-refractivity contribution in [3.05, 3.63) is 121 Å². The van der Waals surface area contributed by atoms with Crippen molar-refractivity contribution in [2.24, 2.45) is 0 Å². The van der Waals surface area contributed by atoms with E-state index in [-0.39, 0.29) is 5.78 Å². The summed E-state index contributed by atoms with van der Waals surface area (Å²) < 4.78 is 8.02. The molecule has 3 nitrogen and oxygen atoms in total. The molecule has 0 saturated carbocycles. The average molecular weight is 409 g/mol. The summed E-state index contributed by atoms with van der Waals surface area (Å²) >= 11 is 0. The van der Waals surface area contributed by atoms with Crippen LogP contribution in [0.3, 0.4) is 0 Å². The number of pyridine rings is 1. The standard InChI is InChI=1S/C28H26NO2/c30-28(22-23-8-3-1-4-9-23)26-12-14-27(15-13-26)31-21-7-18-29-19-16-25(17-20-29)24-10-5-2-6-11-24/h1-6,8-17,19-20H,7,18,21-22H2/q+1. The van der Waals surface area contributed by atoms with Gasteiger partial charge in [-0.15, -0.1) is 0 Å². The Bertz CT molecular complexity index is 1090. The van der Waals surface area contributed by atoms with Crippen LogP contribution in [0.25, 0.3) is 11.1 Å². The van der Waals surface area contributed by atoms with Crippen LogP contribution in [-0.4, -0.2) is 12.4 Å². The first-order valence-corrected chi connectivity index (χ1v) is 10.6. The second-order valence-electron chi connectivity index (χ2n) is 7.50. The minimum Gasteiger partial charge on any atom is -0.493 e. The highest BCUT2D eigenvalue weighted by atomic mass is 16.5. The van der Waals surface area contributed by atoms with Gasteiger partial charge in [-0.3, -0.25) is 4.79 Å². The van der Waals surface area contributed by atoms with Gasteiger partial charge in [0, 0.05) is 30.5 Å². The summed E-state index contributed by atoms with van der Waals surface area (Å²) in [7, 11) is 0. The lowest BCUT2D eigenvalue weighted by atomic mass is 10.0. The minimum atomic E-state index is 0.119. The first kappa shape index (κ1) is 20.5. The van der Waals surface area contributed by atoms with Gasteiger partial charge < -0.3 is 4.74 Å². The third-order valence-electron chi connectivity index (χ3n) is 5.21. The van der Waals surface area contributed by atoms with Crippen LogP contribution in [-0.2, 0) is 13.0 Å². The monoisotopic (exact) mass is 408 g/mol. The van der Waals surface area contributed by atoms with E-state index in [2.05, 4.69) is 53.4 Å². The zero-order valence-electron chi connectivity index (χ0n) is 17.5. The number of Topliss-reactive ketones (excluding diaryl/α,β-unsaturated/α-hetero) is 1. The fourth-order valence-electron chi connectivity index (χ4n) is 3.49. The molecule has 0 unspecified atom stereocenters. The van der Waals surface area contributed by atoms with Gasteiger partial charge in [0.05, 0.1) is 6.61 Å². The predicted molar refractivity (Wildman–Crippen MR) is 123 cm³/mol. The number of rotatable bonds is 9. The molecule has 3 aromatic carbocycles. The van der Waals surface area contributed by atoms with Gasteiger partial charge in [-0.1, -0.05) is 60.7 Å². The molecule has 3 heteroatoms. The third kappa shape index (κ3) is 5.89. The van der Waals surface area contributed by atoms with Gasteiger partial charge in [0.25, 0.3) is 0 Å². The first-order valence-electron chi connectivity index (χ1n) is 10.6. The number of aryl methyl sites for hydroxylation is 1. The molecule has 1 aromatic heterocycles. The molecule has 0 aliphatic heterocycles. The highest BCUT2D eigenvalue weighted by molar-refractivity contribution is 5.97. The first-order chi connectivity index (χ1) is 15.3. The number of ketones is 1. The van der Waals surface area contributed by atoms with Gasteiger partial charge in [0.2, 0.25) is 0 Å². The van der Waals surface area contributed by atoms with E-state index in [1.807, 2.05) is 60.7 Å². The highest BCUT2D eigenvalue weighted by Gasteiger charge is 2.08.